The minimum Gasteiger partial charge on any atom is -0.361 e. The van der Waals surface area contributed by atoms with E-state index in [1.807, 2.05) is 24.6 Å². The number of rotatable bonds is 15. The van der Waals surface area contributed by atoms with Gasteiger partial charge >= 0.3 is 0 Å². The summed E-state index contributed by atoms with van der Waals surface area (Å²) in [6.45, 7) is 12.8. The van der Waals surface area contributed by atoms with Gasteiger partial charge in [-0.05, 0) is 114 Å². The fourth-order valence-corrected chi connectivity index (χ4v) is 9.30. The Morgan fingerprint density at radius 1 is 0.954 bits per heavy atom. The Morgan fingerprint density at radius 2 is 1.80 bits per heavy atom. The van der Waals surface area contributed by atoms with Gasteiger partial charge in [-0.25, -0.2) is 19.6 Å². The average molecular weight is 875 g/mol. The van der Waals surface area contributed by atoms with Crippen LogP contribution in [0.4, 0.5) is 11.6 Å². The molecule has 5 N–H and O–H groups in total. The van der Waals surface area contributed by atoms with E-state index in [9.17, 15) is 19.2 Å². The molecule has 0 bridgehead atoms. The third kappa shape index (κ3) is 7.74. The van der Waals surface area contributed by atoms with Crippen molar-refractivity contribution in [2.45, 2.75) is 104 Å². The summed E-state index contributed by atoms with van der Waals surface area (Å²) >= 11 is 0. The van der Waals surface area contributed by atoms with Gasteiger partial charge < -0.3 is 30.4 Å². The number of carbonyl (C=O) groups is 4. The number of hydrogen-bond donors (Lipinski definition) is 5. The second-order valence-electron chi connectivity index (χ2n) is 17.4. The highest BCUT2D eigenvalue weighted by Gasteiger charge is 2.44. The molecule has 5 aromatic heterocycles. The first kappa shape index (κ1) is 41.6. The van der Waals surface area contributed by atoms with Gasteiger partial charge in [-0.1, -0.05) is 23.9 Å². The first-order chi connectivity index (χ1) is 31.4. The van der Waals surface area contributed by atoms with Gasteiger partial charge in [0.1, 0.15) is 34.9 Å². The molecular weight excluding hydrogens is 825 g/mol. The number of fused-ring (bicyclic) bond motifs is 4. The summed E-state index contributed by atoms with van der Waals surface area (Å²) in [5, 5.41) is 20.0. The molecular formula is C48H50N12O5. The zero-order valence-electron chi connectivity index (χ0n) is 36.9. The lowest BCUT2D eigenvalue weighted by atomic mass is 9.97. The quantitative estimate of drug-likeness (QED) is 0.0513. The molecule has 7 aromatic rings. The molecule has 4 amide bonds. The number of allylic oxidation sites excluding steroid dienone is 1. The molecule has 17 nitrogen and oxygen atoms in total. The van der Waals surface area contributed by atoms with Crippen molar-refractivity contribution in [2.24, 2.45) is 0 Å². The molecule has 17 heteroatoms. The Balaban J connectivity index is 0.801. The lowest BCUT2D eigenvalue weighted by Crippen LogP contribution is -2.51. The number of aromatic amines is 2. The van der Waals surface area contributed by atoms with E-state index in [0.29, 0.717) is 92.2 Å². The molecule has 7 heterocycles. The van der Waals surface area contributed by atoms with Crippen LogP contribution in [0.25, 0.3) is 33.1 Å². The van der Waals surface area contributed by atoms with Crippen LogP contribution in [0, 0.1) is 20.8 Å². The summed E-state index contributed by atoms with van der Waals surface area (Å²) in [5.74, 6) is 1.74. The fourth-order valence-electron chi connectivity index (χ4n) is 9.30. The maximum absolute atomic E-state index is 13.8. The molecule has 1 unspecified atom stereocenters. The summed E-state index contributed by atoms with van der Waals surface area (Å²) in [5.41, 5.74) is 9.25. The van der Waals surface area contributed by atoms with Gasteiger partial charge in [0.2, 0.25) is 11.7 Å². The van der Waals surface area contributed by atoms with Gasteiger partial charge in [-0.15, -0.1) is 0 Å². The third-order valence-electron chi connectivity index (χ3n) is 12.8. The van der Waals surface area contributed by atoms with Crippen LogP contribution in [0.3, 0.4) is 0 Å². The largest absolute Gasteiger partial charge is 0.361 e. The number of amides is 4. The molecule has 1 saturated heterocycles. The van der Waals surface area contributed by atoms with E-state index in [1.54, 1.807) is 18.3 Å². The lowest BCUT2D eigenvalue weighted by molar-refractivity contribution is -0.125. The Bertz CT molecular complexity index is 3070. The number of H-pyrrole nitrogens is 2. The van der Waals surface area contributed by atoms with Crippen LogP contribution in [0.2, 0.25) is 0 Å². The Hall–Kier alpha value is -7.43. The number of aromatic nitrogens is 8. The van der Waals surface area contributed by atoms with Crippen LogP contribution < -0.4 is 16.0 Å². The topological polar surface area (TPSA) is 222 Å². The smallest absolute Gasteiger partial charge is 0.289 e. The van der Waals surface area contributed by atoms with Crippen LogP contribution in [0.5, 0.6) is 0 Å². The number of anilines is 2. The minimum atomic E-state index is -0.850. The van der Waals surface area contributed by atoms with Crippen molar-refractivity contribution >= 4 is 57.2 Å². The molecule has 2 fully saturated rings. The molecule has 0 radical (unpaired) electrons. The molecule has 332 valence electrons. The number of carbonyl (C=O) groups excluding carboxylic acids is 4. The fraction of sp³-hybridized carbons (Fsp3) is 0.354. The minimum absolute atomic E-state index is 0.0385. The van der Waals surface area contributed by atoms with Crippen molar-refractivity contribution in [1.29, 1.82) is 0 Å². The van der Waals surface area contributed by atoms with E-state index in [0.717, 1.165) is 90.8 Å². The number of imidazole rings is 1. The molecule has 10 rings (SSSR count). The molecule has 1 atom stereocenters. The van der Waals surface area contributed by atoms with E-state index in [4.69, 9.17) is 19.6 Å². The van der Waals surface area contributed by atoms with Gasteiger partial charge in [-0.3, -0.25) is 24.1 Å². The Morgan fingerprint density at radius 3 is 2.57 bits per heavy atom. The number of nitrogens with zero attached hydrogens (tertiary/aromatic N) is 7. The highest BCUT2D eigenvalue weighted by molar-refractivity contribution is 6.23. The second kappa shape index (κ2) is 16.6. The van der Waals surface area contributed by atoms with E-state index in [-0.39, 0.29) is 11.7 Å². The summed E-state index contributed by atoms with van der Waals surface area (Å²) in [7, 11) is 0. The maximum atomic E-state index is 13.8. The van der Waals surface area contributed by atoms with Crippen LogP contribution >= 0.6 is 0 Å². The van der Waals surface area contributed by atoms with E-state index < -0.39 is 23.8 Å². The first-order valence-electron chi connectivity index (χ1n) is 22.4. The number of aryl methyl sites for hydroxylation is 7. The van der Waals surface area contributed by atoms with Crippen molar-refractivity contribution in [3.05, 3.63) is 112 Å². The van der Waals surface area contributed by atoms with E-state index in [2.05, 4.69) is 74.7 Å². The van der Waals surface area contributed by atoms with Crippen LogP contribution in [0.15, 0.2) is 59.4 Å². The van der Waals surface area contributed by atoms with Crippen LogP contribution in [-0.4, -0.2) is 81.0 Å². The number of imide groups is 1. The average Bonchev–Trinajstić information content (AvgIpc) is 3.49. The lowest BCUT2D eigenvalue weighted by Gasteiger charge is -2.29. The number of nitrogens with one attached hydrogen (secondary N) is 5. The molecule has 2 aromatic carbocycles. The monoisotopic (exact) mass is 874 g/mol. The van der Waals surface area contributed by atoms with E-state index in [1.165, 1.54) is 0 Å². The summed E-state index contributed by atoms with van der Waals surface area (Å²) in [6, 6.07) is 10.7. The van der Waals surface area contributed by atoms with Gasteiger partial charge in [0.25, 0.3) is 17.7 Å². The highest BCUT2D eigenvalue weighted by atomic mass is 16.5. The highest BCUT2D eigenvalue weighted by Crippen LogP contribution is 2.42. The Labute approximate surface area is 373 Å². The van der Waals surface area contributed by atoms with Crippen molar-refractivity contribution in [3.63, 3.8) is 0 Å². The van der Waals surface area contributed by atoms with Gasteiger partial charge in [0.05, 0.1) is 27.9 Å². The Kier molecular flexibility index (Phi) is 10.6. The molecule has 65 heavy (non-hydrogen) atoms. The third-order valence-corrected chi connectivity index (χ3v) is 12.8. The number of hydrogen-bond acceptors (Lipinski definition) is 11. The zero-order valence-corrected chi connectivity index (χ0v) is 36.9. The predicted octanol–water partition coefficient (Wildman–Crippen LogP) is 7.18. The van der Waals surface area contributed by atoms with Gasteiger partial charge in [-0.2, -0.15) is 5.10 Å². The van der Waals surface area contributed by atoms with Crippen LogP contribution in [-0.2, 0) is 30.6 Å². The van der Waals surface area contributed by atoms with Crippen molar-refractivity contribution in [2.75, 3.05) is 11.9 Å². The normalized spacial score (nSPS) is 16.2. The van der Waals surface area contributed by atoms with E-state index >= 15 is 0 Å². The summed E-state index contributed by atoms with van der Waals surface area (Å²) < 4.78 is 7.44. The van der Waals surface area contributed by atoms with Crippen molar-refractivity contribution in [3.8, 4) is 11.1 Å². The molecule has 1 saturated carbocycles. The van der Waals surface area contributed by atoms with Crippen molar-refractivity contribution < 1.29 is 23.7 Å². The molecule has 2 aliphatic heterocycles. The number of benzene rings is 2. The molecule has 0 spiro atoms. The standard InChI is InChI=1S/C48H50N12O5/c1-6-59-38(22-34(57-59)28-16-17-28)54-43-41-33-20-24(2)32(39-26(4)58-65-27(39)5)21-35(33)53-42(41)55-44(56-43)46(62)49-19-9-12-30-23-50-37(52-30)14-8-11-29-10-7-13-31-40(29)48(64)60(47(31)63)36-18-15-25(3)51-45(36)61/h7,10,13,20-23,28,36H,3,6,8-9,11-12,14-19H2,1-2,4-5H3,(H,49,62)(H,50,52)(H,51,61)(H2,53,54,55,56). The van der Waals surface area contributed by atoms with Gasteiger partial charge in [0.15, 0.2) is 0 Å². The van der Waals surface area contributed by atoms with Crippen LogP contribution in [0.1, 0.15) is 122 Å². The summed E-state index contributed by atoms with van der Waals surface area (Å²) in [4.78, 5) is 75.5. The number of piperidine rings is 1. The maximum Gasteiger partial charge on any atom is 0.289 e. The summed E-state index contributed by atoms with van der Waals surface area (Å²) in [6.07, 6.45) is 8.11. The first-order valence-corrected chi connectivity index (χ1v) is 22.4. The zero-order chi connectivity index (χ0) is 45.1. The second-order valence-corrected chi connectivity index (χ2v) is 17.4. The van der Waals surface area contributed by atoms with Crippen molar-refractivity contribution in [1.82, 2.24) is 55.4 Å². The molecule has 3 aliphatic rings. The molecule has 1 aliphatic carbocycles. The predicted molar refractivity (Wildman–Crippen MR) is 243 cm³/mol. The SMILES string of the molecule is C=C1CCC(N2C(=O)c3cccc(CCCc4ncc(CCCNC(=O)c5nc(Nc6cc(C7CC7)nn6CC)c6c(n5)[nH]c5cc(-c7c(C)noc7C)c(C)cc56)[nH]4)c3C2=O)C(=O)N1. The van der Waals surface area contributed by atoms with Gasteiger partial charge in [0, 0.05) is 65.5 Å².